The average molecular weight is 288 g/mol. The highest BCUT2D eigenvalue weighted by atomic mass is 79.9. The number of carbonyl (C=O) groups excluding carboxylic acids is 1. The van der Waals surface area contributed by atoms with Gasteiger partial charge >= 0.3 is 0 Å². The number of hydrogen-bond acceptors (Lipinski definition) is 3. The van der Waals surface area contributed by atoms with Gasteiger partial charge in [0.25, 0.3) is 5.91 Å². The molecule has 0 bridgehead atoms. The standard InChI is InChI=1S/C11H14BrNO3/c1-16-10-7-8(12)3-4-9(10)11(15)13-5-2-6-14/h3-4,7,14H,2,5-6H2,1H3,(H,13,15). The zero-order valence-corrected chi connectivity index (χ0v) is 10.6. The number of aliphatic hydroxyl groups excluding tert-OH is 1. The van der Waals surface area contributed by atoms with Gasteiger partial charge in [-0.05, 0) is 24.6 Å². The van der Waals surface area contributed by atoms with Gasteiger partial charge in [-0.1, -0.05) is 15.9 Å². The summed E-state index contributed by atoms with van der Waals surface area (Å²) in [6, 6.07) is 5.21. The monoisotopic (exact) mass is 287 g/mol. The predicted octanol–water partition coefficient (Wildman–Crippen LogP) is 1.57. The Morgan fingerprint density at radius 1 is 1.56 bits per heavy atom. The SMILES string of the molecule is COc1cc(Br)ccc1C(=O)NCCCO. The van der Waals surface area contributed by atoms with Crippen molar-refractivity contribution < 1.29 is 14.6 Å². The molecule has 1 amide bonds. The van der Waals surface area contributed by atoms with Gasteiger partial charge in [0.1, 0.15) is 5.75 Å². The van der Waals surface area contributed by atoms with Crippen molar-refractivity contribution in [2.45, 2.75) is 6.42 Å². The van der Waals surface area contributed by atoms with Crippen LogP contribution in [0.5, 0.6) is 5.75 Å². The number of nitrogens with one attached hydrogen (secondary N) is 1. The molecular formula is C11H14BrNO3. The fourth-order valence-corrected chi connectivity index (χ4v) is 1.57. The molecule has 1 aromatic carbocycles. The van der Waals surface area contributed by atoms with Crippen molar-refractivity contribution in [3.63, 3.8) is 0 Å². The molecule has 4 nitrogen and oxygen atoms in total. The third-order valence-electron chi connectivity index (χ3n) is 2.03. The van der Waals surface area contributed by atoms with Crippen molar-refractivity contribution in [3.8, 4) is 5.75 Å². The number of rotatable bonds is 5. The van der Waals surface area contributed by atoms with E-state index in [0.29, 0.717) is 24.3 Å². The van der Waals surface area contributed by atoms with E-state index >= 15 is 0 Å². The molecule has 88 valence electrons. The highest BCUT2D eigenvalue weighted by Gasteiger charge is 2.11. The number of aliphatic hydroxyl groups is 1. The molecule has 0 aromatic heterocycles. The maximum absolute atomic E-state index is 11.7. The van der Waals surface area contributed by atoms with Crippen LogP contribution in [0.3, 0.4) is 0 Å². The zero-order valence-electron chi connectivity index (χ0n) is 9.00. The highest BCUT2D eigenvalue weighted by molar-refractivity contribution is 9.10. The number of ether oxygens (including phenoxy) is 1. The average Bonchev–Trinajstić information content (AvgIpc) is 2.29. The highest BCUT2D eigenvalue weighted by Crippen LogP contribution is 2.23. The van der Waals surface area contributed by atoms with Crippen LogP contribution in [-0.2, 0) is 0 Å². The number of halogens is 1. The molecule has 16 heavy (non-hydrogen) atoms. The van der Waals surface area contributed by atoms with E-state index in [1.165, 1.54) is 7.11 Å². The zero-order chi connectivity index (χ0) is 12.0. The first-order chi connectivity index (χ1) is 7.69. The summed E-state index contributed by atoms with van der Waals surface area (Å²) in [5.41, 5.74) is 0.489. The molecule has 2 N–H and O–H groups in total. The first-order valence-electron chi connectivity index (χ1n) is 4.91. The smallest absolute Gasteiger partial charge is 0.255 e. The van der Waals surface area contributed by atoms with Gasteiger partial charge in [-0.25, -0.2) is 0 Å². The van der Waals surface area contributed by atoms with Crippen LogP contribution in [0.1, 0.15) is 16.8 Å². The lowest BCUT2D eigenvalue weighted by atomic mass is 10.2. The minimum atomic E-state index is -0.196. The molecule has 0 fully saturated rings. The third-order valence-corrected chi connectivity index (χ3v) is 2.52. The molecule has 0 aliphatic rings. The number of hydrogen-bond donors (Lipinski definition) is 2. The molecule has 0 radical (unpaired) electrons. The second-order valence-corrected chi connectivity index (χ2v) is 4.09. The molecule has 0 atom stereocenters. The van der Waals surface area contributed by atoms with Crippen LogP contribution in [-0.4, -0.2) is 31.3 Å². The van der Waals surface area contributed by atoms with Gasteiger partial charge in [0, 0.05) is 17.6 Å². The topological polar surface area (TPSA) is 58.6 Å². The lowest BCUT2D eigenvalue weighted by Gasteiger charge is -2.09. The summed E-state index contributed by atoms with van der Waals surface area (Å²) in [4.78, 5) is 11.7. The number of methoxy groups -OCH3 is 1. The maximum atomic E-state index is 11.7. The Kier molecular flexibility index (Phi) is 5.28. The minimum Gasteiger partial charge on any atom is -0.496 e. The molecule has 0 unspecified atom stereocenters. The molecule has 0 aliphatic carbocycles. The summed E-state index contributed by atoms with van der Waals surface area (Å²) < 4.78 is 5.97. The Hall–Kier alpha value is -1.07. The van der Waals surface area contributed by atoms with Crippen LogP contribution in [0.25, 0.3) is 0 Å². The van der Waals surface area contributed by atoms with E-state index in [-0.39, 0.29) is 12.5 Å². The second-order valence-electron chi connectivity index (χ2n) is 3.18. The van der Waals surface area contributed by atoms with Gasteiger partial charge in [0.2, 0.25) is 0 Å². The van der Waals surface area contributed by atoms with Gasteiger partial charge in [-0.3, -0.25) is 4.79 Å². The maximum Gasteiger partial charge on any atom is 0.255 e. The van der Waals surface area contributed by atoms with Gasteiger partial charge in [0.05, 0.1) is 12.7 Å². The molecule has 1 aromatic rings. The first-order valence-corrected chi connectivity index (χ1v) is 5.71. The largest absolute Gasteiger partial charge is 0.496 e. The van der Waals surface area contributed by atoms with E-state index in [4.69, 9.17) is 9.84 Å². The van der Waals surface area contributed by atoms with E-state index in [0.717, 1.165) is 4.47 Å². The van der Waals surface area contributed by atoms with Crippen molar-refractivity contribution in [3.05, 3.63) is 28.2 Å². The Balaban J connectivity index is 2.74. The molecule has 1 rings (SSSR count). The quantitative estimate of drug-likeness (QED) is 0.809. The van der Waals surface area contributed by atoms with E-state index in [9.17, 15) is 4.79 Å². The van der Waals surface area contributed by atoms with Crippen molar-refractivity contribution in [2.24, 2.45) is 0 Å². The van der Waals surface area contributed by atoms with E-state index in [1.54, 1.807) is 18.2 Å². The van der Waals surface area contributed by atoms with Crippen LogP contribution in [0.4, 0.5) is 0 Å². The van der Waals surface area contributed by atoms with Crippen LogP contribution in [0.15, 0.2) is 22.7 Å². The Morgan fingerprint density at radius 3 is 2.94 bits per heavy atom. The first kappa shape index (κ1) is 13.0. The molecular weight excluding hydrogens is 274 g/mol. The summed E-state index contributed by atoms with van der Waals surface area (Å²) >= 11 is 3.31. The van der Waals surface area contributed by atoms with E-state index < -0.39 is 0 Å². The molecule has 0 heterocycles. The Bertz CT molecular complexity index is 368. The van der Waals surface area contributed by atoms with Crippen molar-refractivity contribution in [1.82, 2.24) is 5.32 Å². The van der Waals surface area contributed by atoms with Crippen LogP contribution in [0.2, 0.25) is 0 Å². The molecule has 0 saturated heterocycles. The van der Waals surface area contributed by atoms with Crippen molar-refractivity contribution in [2.75, 3.05) is 20.3 Å². The summed E-state index contributed by atoms with van der Waals surface area (Å²) in [5, 5.41) is 11.3. The summed E-state index contributed by atoms with van der Waals surface area (Å²) in [6.07, 6.45) is 0.546. The molecule has 0 aliphatic heterocycles. The van der Waals surface area contributed by atoms with E-state index in [1.807, 2.05) is 0 Å². The minimum absolute atomic E-state index is 0.0672. The second kappa shape index (κ2) is 6.50. The van der Waals surface area contributed by atoms with Gasteiger partial charge in [-0.2, -0.15) is 0 Å². The number of amides is 1. The fourth-order valence-electron chi connectivity index (χ4n) is 1.23. The van der Waals surface area contributed by atoms with Crippen molar-refractivity contribution in [1.29, 1.82) is 0 Å². The third kappa shape index (κ3) is 3.50. The molecule has 5 heteroatoms. The summed E-state index contributed by atoms with van der Waals surface area (Å²) in [7, 11) is 1.52. The van der Waals surface area contributed by atoms with Gasteiger partial charge in [-0.15, -0.1) is 0 Å². The van der Waals surface area contributed by atoms with Gasteiger partial charge in [0.15, 0.2) is 0 Å². The Morgan fingerprint density at radius 2 is 2.31 bits per heavy atom. The molecule has 0 spiro atoms. The summed E-state index contributed by atoms with van der Waals surface area (Å²) in [5.74, 6) is 0.327. The number of benzene rings is 1. The van der Waals surface area contributed by atoms with Crippen LogP contribution >= 0.6 is 15.9 Å². The molecule has 0 saturated carbocycles. The van der Waals surface area contributed by atoms with Crippen LogP contribution in [0, 0.1) is 0 Å². The summed E-state index contributed by atoms with van der Waals surface area (Å²) in [6.45, 7) is 0.520. The Labute approximate surface area is 103 Å². The lowest BCUT2D eigenvalue weighted by molar-refractivity contribution is 0.0948. The normalized spacial score (nSPS) is 9.94. The fraction of sp³-hybridized carbons (Fsp3) is 0.364. The number of carbonyl (C=O) groups is 1. The predicted molar refractivity (Wildman–Crippen MR) is 64.7 cm³/mol. The van der Waals surface area contributed by atoms with E-state index in [2.05, 4.69) is 21.2 Å². The van der Waals surface area contributed by atoms with Crippen LogP contribution < -0.4 is 10.1 Å². The van der Waals surface area contributed by atoms with Gasteiger partial charge < -0.3 is 15.2 Å². The van der Waals surface area contributed by atoms with Crippen molar-refractivity contribution >= 4 is 21.8 Å². The lowest BCUT2D eigenvalue weighted by Crippen LogP contribution is -2.25.